The Hall–Kier alpha value is -1.75. The Balaban J connectivity index is 1.71. The molecule has 2 aromatic rings. The van der Waals surface area contributed by atoms with E-state index >= 15 is 0 Å². The summed E-state index contributed by atoms with van der Waals surface area (Å²) in [5, 5.41) is 3.54. The first-order valence-corrected chi connectivity index (χ1v) is 7.33. The third-order valence-electron chi connectivity index (χ3n) is 4.30. The lowest BCUT2D eigenvalue weighted by Crippen LogP contribution is -2.35. The van der Waals surface area contributed by atoms with Crippen LogP contribution in [-0.4, -0.2) is 15.6 Å². The van der Waals surface area contributed by atoms with E-state index in [0.717, 1.165) is 24.8 Å². The maximum absolute atomic E-state index is 13.3. The first-order chi connectivity index (χ1) is 10.1. The van der Waals surface area contributed by atoms with Gasteiger partial charge in [-0.15, -0.1) is 0 Å². The Morgan fingerprint density at radius 1 is 1.29 bits per heavy atom. The third kappa shape index (κ3) is 2.97. The van der Waals surface area contributed by atoms with E-state index in [2.05, 4.69) is 14.9 Å². The molecule has 1 fully saturated rings. The summed E-state index contributed by atoms with van der Waals surface area (Å²) in [6, 6.07) is 4.77. The Labute approximate surface area is 123 Å². The molecule has 0 aliphatic heterocycles. The maximum atomic E-state index is 13.3. The van der Waals surface area contributed by atoms with Crippen molar-refractivity contribution >= 4 is 0 Å². The fourth-order valence-electron chi connectivity index (χ4n) is 3.16. The molecule has 1 aliphatic rings. The second kappa shape index (κ2) is 5.93. The van der Waals surface area contributed by atoms with Crippen molar-refractivity contribution in [2.45, 2.75) is 44.3 Å². The molecule has 112 valence electrons. The summed E-state index contributed by atoms with van der Waals surface area (Å²) < 4.78 is 28.5. The van der Waals surface area contributed by atoms with Crippen molar-refractivity contribution in [3.63, 3.8) is 0 Å². The molecule has 0 amide bonds. The normalized spacial score (nSPS) is 23.4. The number of aromatic nitrogens is 2. The van der Waals surface area contributed by atoms with Crippen molar-refractivity contribution in [1.82, 2.24) is 14.9 Å². The predicted octanol–water partition coefficient (Wildman–Crippen LogP) is 3.61. The van der Waals surface area contributed by atoms with Crippen LogP contribution < -0.4 is 5.32 Å². The quantitative estimate of drug-likeness (QED) is 0.932. The molecule has 1 aromatic carbocycles. The van der Waals surface area contributed by atoms with Gasteiger partial charge < -0.3 is 9.88 Å². The van der Waals surface area contributed by atoms with Crippen LogP contribution in [0, 0.1) is 11.6 Å². The van der Waals surface area contributed by atoms with E-state index < -0.39 is 11.6 Å². The summed E-state index contributed by atoms with van der Waals surface area (Å²) >= 11 is 0. The predicted molar refractivity (Wildman–Crippen MR) is 76.8 cm³/mol. The second-order valence-electron chi connectivity index (χ2n) is 5.68. The standard InChI is InChI=1S/C16H19F2N3/c1-11(12-5-6-13(17)14(18)9-12)20-15-3-2-4-16(15)21-8-7-19-10-21/h5-11,15-16,20H,2-4H2,1H3. The van der Waals surface area contributed by atoms with Crippen LogP contribution in [0.2, 0.25) is 0 Å². The Bertz CT molecular complexity index is 598. The average molecular weight is 291 g/mol. The van der Waals surface area contributed by atoms with Crippen LogP contribution in [0.3, 0.4) is 0 Å². The number of benzene rings is 1. The van der Waals surface area contributed by atoms with Gasteiger partial charge >= 0.3 is 0 Å². The van der Waals surface area contributed by atoms with E-state index in [1.807, 2.05) is 19.4 Å². The Morgan fingerprint density at radius 3 is 2.86 bits per heavy atom. The highest BCUT2D eigenvalue weighted by Gasteiger charge is 2.29. The van der Waals surface area contributed by atoms with Gasteiger partial charge in [0, 0.05) is 30.5 Å². The van der Waals surface area contributed by atoms with Crippen LogP contribution in [0.1, 0.15) is 43.8 Å². The molecule has 3 unspecified atom stereocenters. The Kier molecular flexibility index (Phi) is 4.01. The van der Waals surface area contributed by atoms with Crippen molar-refractivity contribution in [1.29, 1.82) is 0 Å². The molecule has 0 saturated heterocycles. The van der Waals surface area contributed by atoms with Crippen LogP contribution in [0.5, 0.6) is 0 Å². The molecular formula is C16H19F2N3. The molecule has 0 bridgehead atoms. The summed E-state index contributed by atoms with van der Waals surface area (Å²) in [6.45, 7) is 1.98. The summed E-state index contributed by atoms with van der Waals surface area (Å²) in [6.07, 6.45) is 8.95. The number of rotatable bonds is 4. The van der Waals surface area contributed by atoms with Gasteiger partial charge in [-0.25, -0.2) is 13.8 Å². The van der Waals surface area contributed by atoms with Crippen LogP contribution in [0.4, 0.5) is 8.78 Å². The summed E-state index contributed by atoms with van der Waals surface area (Å²) in [5.41, 5.74) is 0.769. The molecular weight excluding hydrogens is 272 g/mol. The number of imidazole rings is 1. The van der Waals surface area contributed by atoms with Gasteiger partial charge in [0.15, 0.2) is 11.6 Å². The number of hydrogen-bond donors (Lipinski definition) is 1. The molecule has 1 N–H and O–H groups in total. The van der Waals surface area contributed by atoms with Gasteiger partial charge in [0.2, 0.25) is 0 Å². The molecule has 3 rings (SSSR count). The molecule has 3 nitrogen and oxygen atoms in total. The van der Waals surface area contributed by atoms with Gasteiger partial charge in [0.05, 0.1) is 6.33 Å². The lowest BCUT2D eigenvalue weighted by molar-refractivity contribution is 0.361. The van der Waals surface area contributed by atoms with Gasteiger partial charge in [-0.1, -0.05) is 6.07 Å². The number of hydrogen-bond acceptors (Lipinski definition) is 2. The topological polar surface area (TPSA) is 29.9 Å². The van der Waals surface area contributed by atoms with Gasteiger partial charge in [-0.2, -0.15) is 0 Å². The van der Waals surface area contributed by atoms with E-state index in [4.69, 9.17) is 0 Å². The van der Waals surface area contributed by atoms with Crippen molar-refractivity contribution in [3.8, 4) is 0 Å². The molecule has 1 heterocycles. The SMILES string of the molecule is CC(NC1CCCC1n1ccnc1)c1ccc(F)c(F)c1. The van der Waals surface area contributed by atoms with Gasteiger partial charge in [-0.3, -0.25) is 0 Å². The molecule has 0 spiro atoms. The van der Waals surface area contributed by atoms with Crippen molar-refractivity contribution < 1.29 is 8.78 Å². The monoisotopic (exact) mass is 291 g/mol. The Morgan fingerprint density at radius 2 is 2.14 bits per heavy atom. The van der Waals surface area contributed by atoms with Crippen molar-refractivity contribution in [2.75, 3.05) is 0 Å². The molecule has 5 heteroatoms. The smallest absolute Gasteiger partial charge is 0.159 e. The third-order valence-corrected chi connectivity index (χ3v) is 4.30. The lowest BCUT2D eigenvalue weighted by Gasteiger charge is -2.26. The molecule has 3 atom stereocenters. The number of halogens is 2. The van der Waals surface area contributed by atoms with E-state index in [0.29, 0.717) is 12.1 Å². The highest BCUT2D eigenvalue weighted by Crippen LogP contribution is 2.31. The maximum Gasteiger partial charge on any atom is 0.159 e. The van der Waals surface area contributed by atoms with Crippen LogP contribution >= 0.6 is 0 Å². The average Bonchev–Trinajstić information content (AvgIpc) is 3.12. The van der Waals surface area contributed by atoms with E-state index in [1.165, 1.54) is 12.1 Å². The zero-order valence-electron chi connectivity index (χ0n) is 12.0. The van der Waals surface area contributed by atoms with E-state index in [1.54, 1.807) is 12.3 Å². The first-order valence-electron chi connectivity index (χ1n) is 7.33. The molecule has 1 aliphatic carbocycles. The minimum absolute atomic E-state index is 0.0192. The minimum Gasteiger partial charge on any atom is -0.333 e. The van der Waals surface area contributed by atoms with Gasteiger partial charge in [0.1, 0.15) is 0 Å². The van der Waals surface area contributed by atoms with Crippen LogP contribution in [0.25, 0.3) is 0 Å². The van der Waals surface area contributed by atoms with Gasteiger partial charge in [0.25, 0.3) is 0 Å². The van der Waals surface area contributed by atoms with Crippen molar-refractivity contribution in [3.05, 3.63) is 54.1 Å². The number of nitrogens with one attached hydrogen (secondary N) is 1. The fraction of sp³-hybridized carbons (Fsp3) is 0.438. The highest BCUT2D eigenvalue weighted by molar-refractivity contribution is 5.21. The molecule has 21 heavy (non-hydrogen) atoms. The van der Waals surface area contributed by atoms with Crippen LogP contribution in [0.15, 0.2) is 36.9 Å². The highest BCUT2D eigenvalue weighted by atomic mass is 19.2. The van der Waals surface area contributed by atoms with Crippen LogP contribution in [-0.2, 0) is 0 Å². The molecule has 0 radical (unpaired) electrons. The first kappa shape index (κ1) is 14.2. The van der Waals surface area contributed by atoms with Gasteiger partial charge in [-0.05, 0) is 43.9 Å². The molecule has 1 aromatic heterocycles. The summed E-state index contributed by atoms with van der Waals surface area (Å²) in [4.78, 5) is 4.10. The minimum atomic E-state index is -0.803. The zero-order valence-corrected chi connectivity index (χ0v) is 12.0. The fourth-order valence-corrected chi connectivity index (χ4v) is 3.16. The summed E-state index contributed by atoms with van der Waals surface area (Å²) in [7, 11) is 0. The second-order valence-corrected chi connectivity index (χ2v) is 5.68. The largest absolute Gasteiger partial charge is 0.333 e. The van der Waals surface area contributed by atoms with E-state index in [9.17, 15) is 8.78 Å². The van der Waals surface area contributed by atoms with E-state index in [-0.39, 0.29) is 6.04 Å². The lowest BCUT2D eigenvalue weighted by atomic mass is 10.1. The van der Waals surface area contributed by atoms with Crippen molar-refractivity contribution in [2.24, 2.45) is 0 Å². The number of nitrogens with zero attached hydrogens (tertiary/aromatic N) is 2. The summed E-state index contributed by atoms with van der Waals surface area (Å²) in [5.74, 6) is -1.60. The zero-order chi connectivity index (χ0) is 14.8. The molecule has 1 saturated carbocycles.